The first-order chi connectivity index (χ1) is 16.0. The van der Waals surface area contributed by atoms with Crippen LogP contribution >= 0.6 is 0 Å². The summed E-state index contributed by atoms with van der Waals surface area (Å²) in [5.74, 6) is 0.375. The minimum Gasteiger partial charge on any atom is -0.345 e. The average Bonchev–Trinajstić information content (AvgIpc) is 2.76. The maximum absolute atomic E-state index is 14.1. The van der Waals surface area contributed by atoms with E-state index in [-0.39, 0.29) is 28.2 Å². The summed E-state index contributed by atoms with van der Waals surface area (Å²) in [6.07, 6.45) is 0.555. The number of anilines is 1. The summed E-state index contributed by atoms with van der Waals surface area (Å²) >= 11 is 0. The maximum atomic E-state index is 14.1. The van der Waals surface area contributed by atoms with Crippen LogP contribution in [-0.2, 0) is 17.0 Å². The number of hydrogen-bond acceptors (Lipinski definition) is 4. The van der Waals surface area contributed by atoms with Crippen molar-refractivity contribution in [1.29, 1.82) is 0 Å². The molecular weight excluding hydrogens is 463 g/mol. The molecule has 2 aromatic heterocycles. The van der Waals surface area contributed by atoms with Gasteiger partial charge in [0.25, 0.3) is 0 Å². The summed E-state index contributed by atoms with van der Waals surface area (Å²) in [6, 6.07) is 10.5. The molecule has 180 valence electrons. The Morgan fingerprint density at radius 3 is 2.47 bits per heavy atom. The van der Waals surface area contributed by atoms with Crippen molar-refractivity contribution in [3.63, 3.8) is 0 Å². The Morgan fingerprint density at radius 2 is 1.88 bits per heavy atom. The van der Waals surface area contributed by atoms with Gasteiger partial charge >= 0.3 is 6.18 Å². The monoisotopic (exact) mass is 489 g/mol. The quantitative estimate of drug-likeness (QED) is 0.410. The van der Waals surface area contributed by atoms with Gasteiger partial charge in [-0.05, 0) is 44.0 Å². The van der Waals surface area contributed by atoms with E-state index in [0.717, 1.165) is 12.1 Å². The first kappa shape index (κ1) is 25.4. The van der Waals surface area contributed by atoms with Gasteiger partial charge in [-0.15, -0.1) is 0 Å². The van der Waals surface area contributed by atoms with Crippen molar-refractivity contribution < 1.29 is 17.4 Å². The summed E-state index contributed by atoms with van der Waals surface area (Å²) in [7, 11) is -1.77. The molecule has 0 aliphatic rings. The number of aromatic nitrogens is 2. The van der Waals surface area contributed by atoms with Gasteiger partial charge < -0.3 is 5.32 Å². The molecule has 0 bridgehead atoms. The summed E-state index contributed by atoms with van der Waals surface area (Å²) in [5.41, 5.74) is -1.02. The second-order valence-corrected chi connectivity index (χ2v) is 9.62. The lowest BCUT2D eigenvalue weighted by Crippen LogP contribution is -2.20. The third-order valence-corrected chi connectivity index (χ3v) is 6.49. The Bertz CT molecular complexity index is 1330. The molecule has 1 N–H and O–H groups in total. The van der Waals surface area contributed by atoms with E-state index in [2.05, 4.69) is 10.3 Å². The minimum absolute atomic E-state index is 0.0172. The van der Waals surface area contributed by atoms with E-state index in [1.165, 1.54) is 4.57 Å². The molecule has 9 heteroatoms. The van der Waals surface area contributed by atoms with Crippen LogP contribution in [0, 0.1) is 5.92 Å². The average molecular weight is 490 g/mol. The molecule has 0 amide bonds. The van der Waals surface area contributed by atoms with Crippen LogP contribution in [0.4, 0.5) is 19.0 Å². The van der Waals surface area contributed by atoms with Crippen LogP contribution in [-0.4, -0.2) is 19.5 Å². The third kappa shape index (κ3) is 5.64. The van der Waals surface area contributed by atoms with Crippen molar-refractivity contribution in [2.24, 2.45) is 5.92 Å². The maximum Gasteiger partial charge on any atom is 0.417 e. The van der Waals surface area contributed by atoms with Crippen LogP contribution in [0.25, 0.3) is 16.7 Å². The van der Waals surface area contributed by atoms with Crippen LogP contribution in [0.3, 0.4) is 0 Å². The fraction of sp³-hybridized carbons (Fsp3) is 0.280. The molecule has 0 fully saturated rings. The van der Waals surface area contributed by atoms with Crippen molar-refractivity contribution in [1.82, 2.24) is 9.55 Å². The lowest BCUT2D eigenvalue weighted by Gasteiger charge is -2.20. The van der Waals surface area contributed by atoms with Gasteiger partial charge in [-0.2, -0.15) is 13.2 Å². The fourth-order valence-electron chi connectivity index (χ4n) is 3.43. The zero-order chi connectivity index (χ0) is 25.0. The highest BCUT2D eigenvalue weighted by Gasteiger charge is 2.36. The summed E-state index contributed by atoms with van der Waals surface area (Å²) in [5, 5.41) is 2.31. The van der Waals surface area contributed by atoms with Crippen LogP contribution in [0.1, 0.15) is 33.3 Å². The summed E-state index contributed by atoms with van der Waals surface area (Å²) < 4.78 is 56.5. The molecule has 3 rings (SSSR count). The molecule has 0 radical (unpaired) electrons. The zero-order valence-corrected chi connectivity index (χ0v) is 20.1. The van der Waals surface area contributed by atoms with E-state index in [1.54, 1.807) is 49.4 Å². The minimum atomic E-state index is -4.83. The number of halogens is 3. The Balaban J connectivity index is 2.45. The number of fused-ring (bicyclic) bond motifs is 1. The van der Waals surface area contributed by atoms with Crippen molar-refractivity contribution in [2.75, 3.05) is 11.1 Å². The molecule has 1 unspecified atom stereocenters. The second kappa shape index (κ2) is 10.4. The van der Waals surface area contributed by atoms with Gasteiger partial charge in [0.1, 0.15) is 10.8 Å². The molecule has 0 saturated carbocycles. The number of allylic oxidation sites excluding steroid dienone is 4. The molecule has 0 aliphatic heterocycles. The van der Waals surface area contributed by atoms with Crippen molar-refractivity contribution >= 4 is 27.7 Å². The standard InChI is InChI=1S/C25H26F3N3O2S/c1-5-6-10-17(4)29-21-14-20(32)23-19(25(26,27)28)13-22(34(33)15-16(2)3)30-24(23)31(21)18-11-8-7-9-12-18/h5-14,16,29H,15H2,1-4H3/b6-5-,17-10+. The number of alkyl halides is 3. The highest BCUT2D eigenvalue weighted by Crippen LogP contribution is 2.36. The third-order valence-electron chi connectivity index (χ3n) is 4.85. The van der Waals surface area contributed by atoms with Gasteiger partial charge in [-0.25, -0.2) is 4.98 Å². The number of para-hydroxylation sites is 1. The van der Waals surface area contributed by atoms with Crippen molar-refractivity contribution in [3.8, 4) is 5.69 Å². The molecule has 0 saturated heterocycles. The molecule has 1 aromatic carbocycles. The van der Waals surface area contributed by atoms with Gasteiger partial charge in [-0.3, -0.25) is 13.6 Å². The molecule has 2 heterocycles. The second-order valence-electron chi connectivity index (χ2n) is 8.18. The van der Waals surface area contributed by atoms with Gasteiger partial charge in [0.15, 0.2) is 11.1 Å². The number of pyridine rings is 2. The number of nitrogens with one attached hydrogen (secondary N) is 1. The highest BCUT2D eigenvalue weighted by atomic mass is 32.2. The first-order valence-electron chi connectivity index (χ1n) is 10.7. The predicted molar refractivity (Wildman–Crippen MR) is 131 cm³/mol. The van der Waals surface area contributed by atoms with Gasteiger partial charge in [0, 0.05) is 23.2 Å². The van der Waals surface area contributed by atoms with Gasteiger partial charge in [0.05, 0.1) is 21.7 Å². The Hall–Kier alpha value is -3.20. The van der Waals surface area contributed by atoms with E-state index < -0.39 is 33.4 Å². The smallest absolute Gasteiger partial charge is 0.345 e. The topological polar surface area (TPSA) is 64.0 Å². The largest absolute Gasteiger partial charge is 0.417 e. The summed E-state index contributed by atoms with van der Waals surface area (Å²) in [6.45, 7) is 7.27. The first-order valence-corrected chi connectivity index (χ1v) is 12.0. The van der Waals surface area contributed by atoms with E-state index in [0.29, 0.717) is 11.4 Å². The van der Waals surface area contributed by atoms with Gasteiger partial charge in [-0.1, -0.05) is 44.2 Å². The molecule has 34 heavy (non-hydrogen) atoms. The molecule has 0 spiro atoms. The van der Waals surface area contributed by atoms with Crippen LogP contribution in [0.2, 0.25) is 0 Å². The number of nitrogens with zero attached hydrogens (tertiary/aromatic N) is 2. The normalized spacial score (nSPS) is 13.7. The van der Waals surface area contributed by atoms with Crippen LogP contribution in [0.15, 0.2) is 76.2 Å². The lowest BCUT2D eigenvalue weighted by molar-refractivity contribution is -0.136. The molecule has 1 atom stereocenters. The Morgan fingerprint density at radius 1 is 1.21 bits per heavy atom. The SMILES string of the molecule is C/C=C\C=C(/C)Nc1cc(=O)c2c(C(F)(F)F)cc(S(=O)CC(C)C)nc2n1-c1ccccc1. The molecule has 3 aromatic rings. The summed E-state index contributed by atoms with van der Waals surface area (Å²) in [4.78, 5) is 17.4. The number of rotatable bonds is 7. The molecular formula is C25H26F3N3O2S. The van der Waals surface area contributed by atoms with Gasteiger partial charge in [0.2, 0.25) is 0 Å². The van der Waals surface area contributed by atoms with E-state index >= 15 is 0 Å². The van der Waals surface area contributed by atoms with E-state index in [4.69, 9.17) is 0 Å². The molecule has 5 nitrogen and oxygen atoms in total. The zero-order valence-electron chi connectivity index (χ0n) is 19.3. The van der Waals surface area contributed by atoms with E-state index in [1.807, 2.05) is 26.8 Å². The predicted octanol–water partition coefficient (Wildman–Crippen LogP) is 6.06. The Labute approximate surface area is 198 Å². The number of hydrogen-bond donors (Lipinski definition) is 1. The van der Waals surface area contributed by atoms with Crippen LogP contribution < -0.4 is 10.7 Å². The van der Waals surface area contributed by atoms with E-state index in [9.17, 15) is 22.2 Å². The molecule has 0 aliphatic carbocycles. The lowest BCUT2D eigenvalue weighted by atomic mass is 10.1. The Kier molecular flexibility index (Phi) is 7.76. The number of benzene rings is 1. The fourth-order valence-corrected chi connectivity index (χ4v) is 4.65. The van der Waals surface area contributed by atoms with Crippen molar-refractivity contribution in [3.05, 3.63) is 82.2 Å². The van der Waals surface area contributed by atoms with Crippen molar-refractivity contribution in [2.45, 2.75) is 38.9 Å². The highest BCUT2D eigenvalue weighted by molar-refractivity contribution is 7.85. The van der Waals surface area contributed by atoms with Crippen LogP contribution in [0.5, 0.6) is 0 Å².